The van der Waals surface area contributed by atoms with E-state index in [4.69, 9.17) is 0 Å². The highest BCUT2D eigenvalue weighted by molar-refractivity contribution is 7.86. The van der Waals surface area contributed by atoms with Crippen molar-refractivity contribution >= 4 is 10.2 Å². The molecule has 2 saturated heterocycles. The van der Waals surface area contributed by atoms with Crippen LogP contribution in [0.5, 0.6) is 0 Å². The molecular formula is C12H24N2O3S. The van der Waals surface area contributed by atoms with Gasteiger partial charge in [-0.1, -0.05) is 6.42 Å². The number of hydrogen-bond donors (Lipinski definition) is 1. The second-order valence-electron chi connectivity index (χ2n) is 5.89. The SMILES string of the molecule is CC(C)(O)C1CCCN1S(=O)(=O)N1CCCCC1. The molecule has 1 atom stereocenters. The summed E-state index contributed by atoms with van der Waals surface area (Å²) in [6.45, 7) is 5.17. The van der Waals surface area contributed by atoms with Crippen molar-refractivity contribution < 1.29 is 13.5 Å². The van der Waals surface area contributed by atoms with E-state index >= 15 is 0 Å². The second-order valence-corrected chi connectivity index (χ2v) is 7.77. The van der Waals surface area contributed by atoms with Gasteiger partial charge in [-0.25, -0.2) is 0 Å². The van der Waals surface area contributed by atoms with Crippen molar-refractivity contribution in [1.29, 1.82) is 0 Å². The molecule has 6 heteroatoms. The van der Waals surface area contributed by atoms with Gasteiger partial charge in [-0.15, -0.1) is 0 Å². The lowest BCUT2D eigenvalue weighted by molar-refractivity contribution is 0.0197. The van der Waals surface area contributed by atoms with Gasteiger partial charge in [0.25, 0.3) is 10.2 Å². The van der Waals surface area contributed by atoms with E-state index in [9.17, 15) is 13.5 Å². The van der Waals surface area contributed by atoms with E-state index in [2.05, 4.69) is 0 Å². The molecule has 1 unspecified atom stereocenters. The number of hydrogen-bond acceptors (Lipinski definition) is 3. The molecule has 18 heavy (non-hydrogen) atoms. The van der Waals surface area contributed by atoms with Crippen LogP contribution in [0.2, 0.25) is 0 Å². The van der Waals surface area contributed by atoms with Crippen molar-refractivity contribution in [2.45, 2.75) is 57.6 Å². The third-order valence-electron chi connectivity index (χ3n) is 3.96. The number of rotatable bonds is 3. The van der Waals surface area contributed by atoms with Crippen LogP contribution in [0, 0.1) is 0 Å². The molecule has 0 saturated carbocycles. The Balaban J connectivity index is 2.18. The molecule has 2 aliphatic rings. The number of piperidine rings is 1. The summed E-state index contributed by atoms with van der Waals surface area (Å²) in [4.78, 5) is 0. The number of aliphatic hydroxyl groups is 1. The fourth-order valence-corrected chi connectivity index (χ4v) is 5.03. The minimum atomic E-state index is -3.39. The zero-order valence-electron chi connectivity index (χ0n) is 11.3. The lowest BCUT2D eigenvalue weighted by Crippen LogP contribution is -2.53. The minimum Gasteiger partial charge on any atom is -0.389 e. The first-order valence-corrected chi connectivity index (χ1v) is 8.22. The van der Waals surface area contributed by atoms with Crippen LogP contribution in [0.1, 0.15) is 46.0 Å². The van der Waals surface area contributed by atoms with Crippen LogP contribution in [-0.2, 0) is 10.2 Å². The fourth-order valence-electron chi connectivity index (χ4n) is 2.97. The Bertz CT molecular complexity index is 383. The molecular weight excluding hydrogens is 252 g/mol. The van der Waals surface area contributed by atoms with Gasteiger partial charge in [-0.05, 0) is 39.5 Å². The van der Waals surface area contributed by atoms with Crippen molar-refractivity contribution in [1.82, 2.24) is 8.61 Å². The quantitative estimate of drug-likeness (QED) is 0.835. The van der Waals surface area contributed by atoms with Crippen LogP contribution in [0.3, 0.4) is 0 Å². The molecule has 2 aliphatic heterocycles. The summed E-state index contributed by atoms with van der Waals surface area (Å²) in [7, 11) is -3.39. The van der Waals surface area contributed by atoms with E-state index in [0.717, 1.165) is 32.1 Å². The molecule has 106 valence electrons. The molecule has 1 N–H and O–H groups in total. The van der Waals surface area contributed by atoms with Crippen LogP contribution < -0.4 is 0 Å². The van der Waals surface area contributed by atoms with Gasteiger partial charge in [-0.2, -0.15) is 17.0 Å². The summed E-state index contributed by atoms with van der Waals surface area (Å²) in [6.07, 6.45) is 4.58. The molecule has 0 bridgehead atoms. The molecule has 2 rings (SSSR count). The van der Waals surface area contributed by atoms with E-state index in [-0.39, 0.29) is 6.04 Å². The van der Waals surface area contributed by atoms with E-state index in [0.29, 0.717) is 19.6 Å². The molecule has 0 aromatic heterocycles. The summed E-state index contributed by atoms with van der Waals surface area (Å²) < 4.78 is 28.3. The molecule has 2 heterocycles. The largest absolute Gasteiger partial charge is 0.389 e. The smallest absolute Gasteiger partial charge is 0.282 e. The van der Waals surface area contributed by atoms with Gasteiger partial charge in [0.2, 0.25) is 0 Å². The van der Waals surface area contributed by atoms with Crippen molar-refractivity contribution in [2.24, 2.45) is 0 Å². The molecule has 0 spiro atoms. The Kier molecular flexibility index (Phi) is 4.02. The Morgan fingerprint density at radius 2 is 1.67 bits per heavy atom. The highest BCUT2D eigenvalue weighted by Crippen LogP contribution is 2.31. The first-order valence-electron chi connectivity index (χ1n) is 6.83. The third-order valence-corrected chi connectivity index (χ3v) is 6.00. The van der Waals surface area contributed by atoms with Gasteiger partial charge < -0.3 is 5.11 Å². The van der Waals surface area contributed by atoms with Gasteiger partial charge in [0.15, 0.2) is 0 Å². The average molecular weight is 276 g/mol. The Labute approximate surface area is 110 Å². The zero-order chi connectivity index (χ0) is 13.4. The van der Waals surface area contributed by atoms with Gasteiger partial charge in [0, 0.05) is 19.6 Å². The minimum absolute atomic E-state index is 0.288. The normalized spacial score (nSPS) is 28.7. The van der Waals surface area contributed by atoms with E-state index in [1.807, 2.05) is 0 Å². The summed E-state index contributed by atoms with van der Waals surface area (Å²) in [5, 5.41) is 10.1. The summed E-state index contributed by atoms with van der Waals surface area (Å²) in [6, 6.07) is -0.288. The van der Waals surface area contributed by atoms with Gasteiger partial charge >= 0.3 is 0 Å². The molecule has 0 amide bonds. The van der Waals surface area contributed by atoms with Crippen LogP contribution in [0.15, 0.2) is 0 Å². The van der Waals surface area contributed by atoms with E-state index in [1.165, 1.54) is 4.31 Å². The van der Waals surface area contributed by atoms with Crippen LogP contribution in [0.4, 0.5) is 0 Å². The predicted molar refractivity (Wildman–Crippen MR) is 70.4 cm³/mol. The Morgan fingerprint density at radius 3 is 2.22 bits per heavy atom. The first kappa shape index (κ1) is 14.2. The van der Waals surface area contributed by atoms with Crippen LogP contribution >= 0.6 is 0 Å². The van der Waals surface area contributed by atoms with E-state index < -0.39 is 15.8 Å². The maximum Gasteiger partial charge on any atom is 0.282 e. The van der Waals surface area contributed by atoms with Gasteiger partial charge in [0.1, 0.15) is 0 Å². The lowest BCUT2D eigenvalue weighted by Gasteiger charge is -2.37. The average Bonchev–Trinajstić information content (AvgIpc) is 2.79. The van der Waals surface area contributed by atoms with Crippen LogP contribution in [0.25, 0.3) is 0 Å². The number of nitrogens with zero attached hydrogens (tertiary/aromatic N) is 2. The predicted octanol–water partition coefficient (Wildman–Crippen LogP) is 0.952. The highest BCUT2D eigenvalue weighted by atomic mass is 32.2. The maximum atomic E-state index is 12.6. The summed E-state index contributed by atoms with van der Waals surface area (Å²) in [5.74, 6) is 0. The summed E-state index contributed by atoms with van der Waals surface area (Å²) in [5.41, 5.74) is -0.973. The Morgan fingerprint density at radius 1 is 1.06 bits per heavy atom. The monoisotopic (exact) mass is 276 g/mol. The molecule has 0 aromatic carbocycles. The summed E-state index contributed by atoms with van der Waals surface area (Å²) >= 11 is 0. The molecule has 5 nitrogen and oxygen atoms in total. The standard InChI is InChI=1S/C12H24N2O3S/c1-12(2,15)11-7-6-10-14(11)18(16,17)13-8-4-3-5-9-13/h11,15H,3-10H2,1-2H3. The van der Waals surface area contributed by atoms with Crippen molar-refractivity contribution in [3.63, 3.8) is 0 Å². The van der Waals surface area contributed by atoms with Crippen molar-refractivity contribution in [3.8, 4) is 0 Å². The molecule has 0 radical (unpaired) electrons. The lowest BCUT2D eigenvalue weighted by atomic mass is 9.98. The van der Waals surface area contributed by atoms with Gasteiger partial charge in [-0.3, -0.25) is 0 Å². The zero-order valence-corrected chi connectivity index (χ0v) is 12.1. The second kappa shape index (κ2) is 5.07. The Hall–Kier alpha value is -0.170. The van der Waals surface area contributed by atoms with E-state index in [1.54, 1.807) is 18.2 Å². The molecule has 2 fully saturated rings. The molecule has 0 aromatic rings. The van der Waals surface area contributed by atoms with Crippen molar-refractivity contribution in [3.05, 3.63) is 0 Å². The van der Waals surface area contributed by atoms with Crippen molar-refractivity contribution in [2.75, 3.05) is 19.6 Å². The first-order chi connectivity index (χ1) is 8.33. The van der Waals surface area contributed by atoms with Crippen LogP contribution in [-0.4, -0.2) is 53.4 Å². The maximum absolute atomic E-state index is 12.6. The molecule has 0 aliphatic carbocycles. The topological polar surface area (TPSA) is 60.9 Å². The van der Waals surface area contributed by atoms with Gasteiger partial charge in [0.05, 0.1) is 11.6 Å². The highest BCUT2D eigenvalue weighted by Gasteiger charge is 2.44. The fraction of sp³-hybridized carbons (Fsp3) is 1.00. The third kappa shape index (κ3) is 2.71.